The van der Waals surface area contributed by atoms with Gasteiger partial charge in [0, 0.05) is 19.3 Å². The lowest BCUT2D eigenvalue weighted by molar-refractivity contribution is -0.920. The molecule has 2 rings (SSSR count). The number of carbonyl (C=O) groups excluding carboxylic acids is 1. The molecule has 20 heavy (non-hydrogen) atoms. The van der Waals surface area contributed by atoms with Crippen molar-refractivity contribution in [3.63, 3.8) is 0 Å². The molecule has 0 amide bonds. The molecule has 0 N–H and O–H groups in total. The maximum Gasteiger partial charge on any atom is 0.485 e. The Kier molecular flexibility index (Phi) is 4.52. The highest BCUT2D eigenvalue weighted by Crippen LogP contribution is 2.38. The number of hydrogen-bond acceptors (Lipinski definition) is 4. The summed E-state index contributed by atoms with van der Waals surface area (Å²) in [5.41, 5.74) is -5.65. The maximum atomic E-state index is 13.1. The summed E-state index contributed by atoms with van der Waals surface area (Å²) in [4.78, 5) is 11.4. The van der Waals surface area contributed by atoms with E-state index >= 15 is 0 Å². The first-order chi connectivity index (χ1) is 8.78. The van der Waals surface area contributed by atoms with Crippen molar-refractivity contribution in [2.45, 2.75) is 43.0 Å². The third-order valence-electron chi connectivity index (χ3n) is 3.92. The Morgan fingerprint density at radius 1 is 1.25 bits per heavy atom. The van der Waals surface area contributed by atoms with Gasteiger partial charge in [-0.2, -0.15) is 13.2 Å². The Hall–Kier alpha value is -0.740. The predicted octanol–water partition coefficient (Wildman–Crippen LogP) is 0.956. The lowest BCUT2D eigenvalue weighted by Crippen LogP contribution is -2.59. The van der Waals surface area contributed by atoms with E-state index in [9.17, 15) is 22.4 Å². The van der Waals surface area contributed by atoms with Crippen molar-refractivity contribution in [1.29, 1.82) is 0 Å². The van der Waals surface area contributed by atoms with Crippen LogP contribution in [0.5, 0.6) is 0 Å². The maximum absolute atomic E-state index is 13.1. The molecule has 118 valence electrons. The van der Waals surface area contributed by atoms with Gasteiger partial charge >= 0.3 is 5.51 Å². The molecule has 0 aromatic heterocycles. The number of likely N-dealkylation sites (N-methyl/N-ethyl adjacent to an activating group) is 1. The first-order valence-electron chi connectivity index (χ1n) is 5.81. The van der Waals surface area contributed by atoms with Gasteiger partial charge in [-0.05, 0) is 0 Å². The van der Waals surface area contributed by atoms with E-state index in [4.69, 9.17) is 13.0 Å². The van der Waals surface area contributed by atoms with E-state index in [-0.39, 0.29) is 11.8 Å². The predicted molar refractivity (Wildman–Crippen MR) is 59.2 cm³/mol. The summed E-state index contributed by atoms with van der Waals surface area (Å²) in [5.74, 6) is -0.159. The summed E-state index contributed by atoms with van der Waals surface area (Å²) in [6, 6.07) is 0.321. The standard InChI is InChI=1S/C9H15FNO.CHF3O3S/c1-11(2)6-3-4-8(11)9(12)7(10)5-6;2-1(3,4)8(5,6)7/h6-8H,3-5H2,1-2H3;(H,5,6,7)/q+1;/p-1/t6-,7?,8+;/m1./s1. The number of alkyl halides is 4. The van der Waals surface area contributed by atoms with Crippen molar-refractivity contribution in [2.24, 2.45) is 0 Å². The zero-order valence-electron chi connectivity index (χ0n) is 10.9. The molecule has 0 aromatic carbocycles. The summed E-state index contributed by atoms with van der Waals surface area (Å²) >= 11 is 0. The number of piperidine rings is 1. The van der Waals surface area contributed by atoms with Crippen molar-refractivity contribution in [3.8, 4) is 0 Å². The normalized spacial score (nSPS) is 32.5. The zero-order valence-corrected chi connectivity index (χ0v) is 11.7. The molecule has 2 saturated heterocycles. The molecule has 2 aliphatic rings. The topological polar surface area (TPSA) is 74.3 Å². The Morgan fingerprint density at radius 2 is 1.70 bits per heavy atom. The molecular weight excluding hydrogens is 306 g/mol. The highest BCUT2D eigenvalue weighted by molar-refractivity contribution is 7.86. The van der Waals surface area contributed by atoms with Crippen molar-refractivity contribution in [3.05, 3.63) is 0 Å². The Balaban J connectivity index is 0.000000221. The molecule has 2 fully saturated rings. The molecule has 1 unspecified atom stereocenters. The Labute approximate surface area is 113 Å². The van der Waals surface area contributed by atoms with Crippen molar-refractivity contribution in [1.82, 2.24) is 0 Å². The smallest absolute Gasteiger partial charge is 0.485 e. The van der Waals surface area contributed by atoms with Gasteiger partial charge in [0.1, 0.15) is 0 Å². The minimum atomic E-state index is -6.09. The summed E-state index contributed by atoms with van der Waals surface area (Å²) < 4.78 is 72.7. The second-order valence-corrected chi connectivity index (χ2v) is 6.75. The zero-order chi connectivity index (χ0) is 15.9. The van der Waals surface area contributed by atoms with E-state index in [2.05, 4.69) is 0 Å². The highest BCUT2D eigenvalue weighted by atomic mass is 32.2. The van der Waals surface area contributed by atoms with Crippen LogP contribution >= 0.6 is 0 Å². The van der Waals surface area contributed by atoms with Crippen LogP contribution in [0.3, 0.4) is 0 Å². The highest BCUT2D eigenvalue weighted by Gasteiger charge is 2.54. The molecule has 0 aromatic rings. The molecule has 10 heteroatoms. The van der Waals surface area contributed by atoms with Crippen molar-refractivity contribution in [2.75, 3.05) is 14.1 Å². The fraction of sp³-hybridized carbons (Fsp3) is 0.900. The van der Waals surface area contributed by atoms with Crippen LogP contribution in [-0.4, -0.2) is 61.1 Å². The molecule has 0 radical (unpaired) electrons. The van der Waals surface area contributed by atoms with Gasteiger partial charge in [-0.25, -0.2) is 12.8 Å². The van der Waals surface area contributed by atoms with Crippen LogP contribution in [0.15, 0.2) is 0 Å². The summed E-state index contributed by atoms with van der Waals surface area (Å²) in [7, 11) is -1.99. The van der Waals surface area contributed by atoms with E-state index in [1.807, 2.05) is 14.1 Å². The Bertz CT molecular complexity index is 488. The minimum absolute atomic E-state index is 0.0567. The number of halogens is 4. The van der Waals surface area contributed by atoms with Gasteiger partial charge in [-0.15, -0.1) is 0 Å². The quantitative estimate of drug-likeness (QED) is 0.288. The van der Waals surface area contributed by atoms with E-state index < -0.39 is 21.8 Å². The van der Waals surface area contributed by atoms with E-state index in [1.54, 1.807) is 0 Å². The number of quaternary nitrogens is 1. The fourth-order valence-corrected chi connectivity index (χ4v) is 2.69. The molecule has 5 nitrogen and oxygen atoms in total. The van der Waals surface area contributed by atoms with Crippen LogP contribution < -0.4 is 0 Å². The number of nitrogens with zero attached hydrogens (tertiary/aromatic N) is 1. The molecule has 0 spiro atoms. The molecule has 2 bridgehead atoms. The molecular formula is C10H15F4NO4S. The van der Waals surface area contributed by atoms with Crippen molar-refractivity contribution < 1.29 is 39.8 Å². The van der Waals surface area contributed by atoms with Crippen LogP contribution in [0.25, 0.3) is 0 Å². The minimum Gasteiger partial charge on any atom is -0.741 e. The third-order valence-corrected chi connectivity index (χ3v) is 4.48. The monoisotopic (exact) mass is 321 g/mol. The molecule has 3 atom stereocenters. The van der Waals surface area contributed by atoms with E-state index in [1.165, 1.54) is 0 Å². The Morgan fingerprint density at radius 3 is 2.10 bits per heavy atom. The van der Waals surface area contributed by atoms with Crippen LogP contribution in [0.2, 0.25) is 0 Å². The molecule has 0 aliphatic carbocycles. The van der Waals surface area contributed by atoms with Gasteiger partial charge in [0.2, 0.25) is 5.78 Å². The number of fused-ring (bicyclic) bond motifs is 2. The lowest BCUT2D eigenvalue weighted by Gasteiger charge is -2.41. The van der Waals surface area contributed by atoms with E-state index in [0.29, 0.717) is 12.5 Å². The van der Waals surface area contributed by atoms with Crippen molar-refractivity contribution >= 4 is 15.9 Å². The molecule has 2 aliphatic heterocycles. The van der Waals surface area contributed by atoms with Crippen LogP contribution in [0, 0.1) is 0 Å². The van der Waals surface area contributed by atoms with Gasteiger partial charge in [0.05, 0.1) is 20.1 Å². The largest absolute Gasteiger partial charge is 0.741 e. The fourth-order valence-electron chi connectivity index (χ4n) is 2.69. The van der Waals surface area contributed by atoms with Gasteiger partial charge in [-0.1, -0.05) is 0 Å². The number of ketones is 1. The van der Waals surface area contributed by atoms with E-state index in [0.717, 1.165) is 17.3 Å². The SMILES string of the molecule is C[N+]1(C)[C@@H]2CC[C@H]1C(=O)C(F)C2.O=S(=O)([O-])C(F)(F)F. The second-order valence-electron chi connectivity index (χ2n) is 5.38. The number of carbonyl (C=O) groups is 1. The third kappa shape index (κ3) is 3.29. The lowest BCUT2D eigenvalue weighted by atomic mass is 9.98. The summed E-state index contributed by atoms with van der Waals surface area (Å²) in [5, 5.41) is 0. The van der Waals surface area contributed by atoms with Crippen LogP contribution in [0.1, 0.15) is 19.3 Å². The van der Waals surface area contributed by atoms with Gasteiger partial charge in [0.25, 0.3) is 0 Å². The molecule has 2 heterocycles. The number of rotatable bonds is 0. The van der Waals surface area contributed by atoms with Gasteiger partial charge < -0.3 is 9.04 Å². The van der Waals surface area contributed by atoms with Crippen LogP contribution in [-0.2, 0) is 14.9 Å². The van der Waals surface area contributed by atoms with Crippen LogP contribution in [0.4, 0.5) is 17.6 Å². The molecule has 0 saturated carbocycles. The summed E-state index contributed by atoms with van der Waals surface area (Å²) in [6.45, 7) is 0. The summed E-state index contributed by atoms with van der Waals surface area (Å²) in [6.07, 6.45) is 1.18. The average Bonchev–Trinajstić information content (AvgIpc) is 2.39. The number of hydrogen-bond donors (Lipinski definition) is 0. The van der Waals surface area contributed by atoms with Gasteiger partial charge in [0.15, 0.2) is 22.3 Å². The van der Waals surface area contributed by atoms with Gasteiger partial charge in [-0.3, -0.25) is 4.79 Å². The average molecular weight is 321 g/mol. The number of Topliss-reactive ketones (excluding diaryl/α,β-unsaturated/α-hetero) is 1. The first-order valence-corrected chi connectivity index (χ1v) is 7.22. The first kappa shape index (κ1) is 17.3. The second kappa shape index (κ2) is 5.23.